The van der Waals surface area contributed by atoms with Crippen LogP contribution in [-0.4, -0.2) is 39.8 Å². The SMILES string of the molecule is O=C(COc1ccc2c(c1)CCC2)N1CCCC1Cn1cccn1. The maximum absolute atomic E-state index is 12.6. The van der Waals surface area contributed by atoms with E-state index in [1.807, 2.05) is 27.9 Å². The minimum Gasteiger partial charge on any atom is -0.484 e. The van der Waals surface area contributed by atoms with Crippen LogP contribution in [0.3, 0.4) is 0 Å². The van der Waals surface area contributed by atoms with Crippen molar-refractivity contribution < 1.29 is 9.53 Å². The summed E-state index contributed by atoms with van der Waals surface area (Å²) in [6, 6.07) is 8.36. The van der Waals surface area contributed by atoms with Gasteiger partial charge in [-0.3, -0.25) is 9.48 Å². The smallest absolute Gasteiger partial charge is 0.260 e. The monoisotopic (exact) mass is 325 g/mol. The Balaban J connectivity index is 1.35. The molecule has 126 valence electrons. The zero-order valence-corrected chi connectivity index (χ0v) is 13.9. The second-order valence-electron chi connectivity index (χ2n) is 6.68. The Labute approximate surface area is 142 Å². The third kappa shape index (κ3) is 3.16. The second-order valence-corrected chi connectivity index (χ2v) is 6.68. The van der Waals surface area contributed by atoms with Crippen LogP contribution in [-0.2, 0) is 24.2 Å². The molecule has 5 heteroatoms. The fourth-order valence-corrected chi connectivity index (χ4v) is 3.84. The van der Waals surface area contributed by atoms with E-state index in [1.165, 1.54) is 17.5 Å². The molecule has 1 atom stereocenters. The summed E-state index contributed by atoms with van der Waals surface area (Å²) in [5.41, 5.74) is 2.80. The lowest BCUT2D eigenvalue weighted by Crippen LogP contribution is -2.40. The lowest BCUT2D eigenvalue weighted by atomic mass is 10.1. The zero-order valence-electron chi connectivity index (χ0n) is 13.9. The third-order valence-electron chi connectivity index (χ3n) is 5.09. The van der Waals surface area contributed by atoms with E-state index in [-0.39, 0.29) is 18.6 Å². The molecule has 2 aromatic rings. The van der Waals surface area contributed by atoms with Crippen LogP contribution in [0.15, 0.2) is 36.7 Å². The number of carbonyl (C=O) groups excluding carboxylic acids is 1. The van der Waals surface area contributed by atoms with E-state index in [0.717, 1.165) is 44.5 Å². The molecule has 1 aromatic carbocycles. The first-order valence-electron chi connectivity index (χ1n) is 8.81. The van der Waals surface area contributed by atoms with Gasteiger partial charge >= 0.3 is 0 Å². The number of amides is 1. The molecule has 0 spiro atoms. The number of carbonyl (C=O) groups is 1. The molecule has 4 rings (SSSR count). The number of hydrogen-bond donors (Lipinski definition) is 0. The summed E-state index contributed by atoms with van der Waals surface area (Å²) in [4.78, 5) is 14.5. The molecule has 1 aliphatic heterocycles. The lowest BCUT2D eigenvalue weighted by Gasteiger charge is -2.24. The van der Waals surface area contributed by atoms with Gasteiger partial charge in [-0.15, -0.1) is 0 Å². The standard InChI is InChI=1S/C19H23N3O2/c23-19(14-24-18-8-7-15-4-1-5-16(15)12-18)22-11-2-6-17(22)13-21-10-3-9-20-21/h3,7-10,12,17H,1-2,4-6,11,13-14H2. The van der Waals surface area contributed by atoms with Crippen molar-refractivity contribution in [2.75, 3.05) is 13.2 Å². The minimum absolute atomic E-state index is 0.0742. The van der Waals surface area contributed by atoms with E-state index >= 15 is 0 Å². The predicted octanol–water partition coefficient (Wildman–Crippen LogP) is 2.44. The molecule has 1 aliphatic carbocycles. The van der Waals surface area contributed by atoms with E-state index in [0.29, 0.717) is 0 Å². The van der Waals surface area contributed by atoms with Gasteiger partial charge < -0.3 is 9.64 Å². The van der Waals surface area contributed by atoms with Crippen LogP contribution in [0.1, 0.15) is 30.4 Å². The van der Waals surface area contributed by atoms with E-state index in [2.05, 4.69) is 17.2 Å². The molecule has 1 unspecified atom stereocenters. The van der Waals surface area contributed by atoms with E-state index in [1.54, 1.807) is 6.20 Å². The summed E-state index contributed by atoms with van der Waals surface area (Å²) in [5.74, 6) is 0.886. The van der Waals surface area contributed by atoms with E-state index in [9.17, 15) is 4.79 Å². The number of hydrogen-bond acceptors (Lipinski definition) is 3. The fourth-order valence-electron chi connectivity index (χ4n) is 3.84. The highest BCUT2D eigenvalue weighted by atomic mass is 16.5. The minimum atomic E-state index is 0.0742. The maximum atomic E-state index is 12.6. The summed E-state index contributed by atoms with van der Waals surface area (Å²) in [7, 11) is 0. The van der Waals surface area contributed by atoms with Gasteiger partial charge in [0.1, 0.15) is 5.75 Å². The van der Waals surface area contributed by atoms with Crippen LogP contribution in [0, 0.1) is 0 Å². The van der Waals surface area contributed by atoms with Gasteiger partial charge in [-0.1, -0.05) is 6.07 Å². The van der Waals surface area contributed by atoms with E-state index in [4.69, 9.17) is 4.74 Å². The maximum Gasteiger partial charge on any atom is 0.260 e. The molecule has 1 aromatic heterocycles. The topological polar surface area (TPSA) is 47.4 Å². The summed E-state index contributed by atoms with van der Waals surface area (Å²) in [6.07, 6.45) is 9.32. The van der Waals surface area contributed by atoms with Gasteiger partial charge in [0.2, 0.25) is 0 Å². The first kappa shape index (κ1) is 15.2. The van der Waals surface area contributed by atoms with Crippen molar-refractivity contribution in [2.24, 2.45) is 0 Å². The second kappa shape index (κ2) is 6.67. The Morgan fingerprint density at radius 3 is 3.04 bits per heavy atom. The van der Waals surface area contributed by atoms with Gasteiger partial charge in [-0.05, 0) is 61.4 Å². The molecule has 0 radical (unpaired) electrons. The molecule has 24 heavy (non-hydrogen) atoms. The van der Waals surface area contributed by atoms with Crippen LogP contribution in [0.25, 0.3) is 0 Å². The van der Waals surface area contributed by atoms with Crippen molar-refractivity contribution in [3.05, 3.63) is 47.8 Å². The molecule has 1 amide bonds. The number of likely N-dealkylation sites (tertiary alicyclic amines) is 1. The van der Waals surface area contributed by atoms with Crippen LogP contribution in [0.5, 0.6) is 5.75 Å². The number of ether oxygens (including phenoxy) is 1. The lowest BCUT2D eigenvalue weighted by molar-refractivity contribution is -0.134. The van der Waals surface area contributed by atoms with E-state index < -0.39 is 0 Å². The van der Waals surface area contributed by atoms with Crippen molar-refractivity contribution in [2.45, 2.75) is 44.7 Å². The summed E-state index contributed by atoms with van der Waals surface area (Å²) in [5, 5.41) is 4.25. The van der Waals surface area contributed by atoms with Gasteiger partial charge in [0.25, 0.3) is 5.91 Å². The first-order chi connectivity index (χ1) is 11.8. The van der Waals surface area contributed by atoms with Gasteiger partial charge in [0, 0.05) is 18.9 Å². The van der Waals surface area contributed by atoms with Crippen LogP contribution in [0.2, 0.25) is 0 Å². The number of rotatable bonds is 5. The molecular formula is C19H23N3O2. The number of benzene rings is 1. The van der Waals surface area contributed by atoms with Crippen LogP contribution >= 0.6 is 0 Å². The quantitative estimate of drug-likeness (QED) is 0.848. The van der Waals surface area contributed by atoms with Crippen molar-refractivity contribution >= 4 is 5.91 Å². The van der Waals surface area contributed by atoms with Crippen LogP contribution in [0.4, 0.5) is 0 Å². The molecule has 0 saturated carbocycles. The summed E-state index contributed by atoms with van der Waals surface area (Å²) >= 11 is 0. The molecule has 2 aliphatic rings. The average molecular weight is 325 g/mol. The van der Waals surface area contributed by atoms with Crippen molar-refractivity contribution in [1.82, 2.24) is 14.7 Å². The highest BCUT2D eigenvalue weighted by Gasteiger charge is 2.29. The highest BCUT2D eigenvalue weighted by Crippen LogP contribution is 2.26. The number of fused-ring (bicyclic) bond motifs is 1. The van der Waals surface area contributed by atoms with Gasteiger partial charge in [0.05, 0.1) is 12.6 Å². The Hall–Kier alpha value is -2.30. The molecular weight excluding hydrogens is 302 g/mol. The van der Waals surface area contributed by atoms with Crippen molar-refractivity contribution in [3.8, 4) is 5.75 Å². The Kier molecular flexibility index (Phi) is 4.24. The first-order valence-corrected chi connectivity index (χ1v) is 8.81. The largest absolute Gasteiger partial charge is 0.484 e. The van der Waals surface area contributed by atoms with Crippen molar-refractivity contribution in [1.29, 1.82) is 0 Å². The third-order valence-corrected chi connectivity index (χ3v) is 5.09. The Bertz CT molecular complexity index is 711. The molecule has 5 nitrogen and oxygen atoms in total. The number of aryl methyl sites for hydroxylation is 2. The zero-order chi connectivity index (χ0) is 16.4. The Morgan fingerprint density at radius 1 is 1.25 bits per heavy atom. The van der Waals surface area contributed by atoms with Gasteiger partial charge in [-0.2, -0.15) is 5.10 Å². The normalized spacial score (nSPS) is 19.5. The van der Waals surface area contributed by atoms with Gasteiger partial charge in [-0.25, -0.2) is 0 Å². The average Bonchev–Trinajstić information content (AvgIpc) is 3.34. The van der Waals surface area contributed by atoms with Crippen molar-refractivity contribution in [3.63, 3.8) is 0 Å². The molecule has 1 fully saturated rings. The fraction of sp³-hybridized carbons (Fsp3) is 0.474. The molecule has 1 saturated heterocycles. The summed E-state index contributed by atoms with van der Waals surface area (Å²) < 4.78 is 7.68. The molecule has 0 N–H and O–H groups in total. The Morgan fingerprint density at radius 2 is 2.17 bits per heavy atom. The molecule has 0 bridgehead atoms. The van der Waals surface area contributed by atoms with Gasteiger partial charge in [0.15, 0.2) is 6.61 Å². The summed E-state index contributed by atoms with van der Waals surface area (Å²) in [6.45, 7) is 1.70. The molecule has 2 heterocycles. The number of nitrogens with zero attached hydrogens (tertiary/aromatic N) is 3. The number of aromatic nitrogens is 2. The van der Waals surface area contributed by atoms with Crippen LogP contribution < -0.4 is 4.74 Å². The predicted molar refractivity (Wildman–Crippen MR) is 90.9 cm³/mol. The highest BCUT2D eigenvalue weighted by molar-refractivity contribution is 5.78.